The van der Waals surface area contributed by atoms with Gasteiger partial charge < -0.3 is 5.32 Å². The fourth-order valence-electron chi connectivity index (χ4n) is 1.37. The van der Waals surface area contributed by atoms with Gasteiger partial charge in [0.2, 0.25) is 0 Å². The van der Waals surface area contributed by atoms with Crippen molar-refractivity contribution >= 4 is 5.82 Å². The lowest BCUT2D eigenvalue weighted by molar-refractivity contribution is 0.945. The molecule has 0 atom stereocenters. The van der Waals surface area contributed by atoms with Crippen LogP contribution in [0.15, 0.2) is 30.3 Å². The second-order valence-electron chi connectivity index (χ2n) is 3.68. The van der Waals surface area contributed by atoms with E-state index in [0.717, 1.165) is 22.9 Å². The molecule has 82 valence electrons. The first-order valence-corrected chi connectivity index (χ1v) is 5.21. The quantitative estimate of drug-likeness (QED) is 0.850. The molecule has 0 aromatic carbocycles. The molecular weight excluding hydrogens is 200 g/mol. The number of hydrogen-bond acceptors (Lipinski definition) is 4. The van der Waals surface area contributed by atoms with E-state index in [1.54, 1.807) is 0 Å². The number of nitrogens with one attached hydrogen (secondary N) is 1. The number of hydrogen-bond donors (Lipinski definition) is 1. The first kappa shape index (κ1) is 10.5. The zero-order valence-electron chi connectivity index (χ0n) is 9.44. The van der Waals surface area contributed by atoms with Crippen LogP contribution in [0.25, 0.3) is 0 Å². The molecule has 0 unspecified atom stereocenters. The molecule has 4 nitrogen and oxygen atoms in total. The van der Waals surface area contributed by atoms with E-state index in [1.807, 2.05) is 44.2 Å². The lowest BCUT2D eigenvalue weighted by Gasteiger charge is -2.04. The smallest absolute Gasteiger partial charge is 0.148 e. The minimum atomic E-state index is 0.666. The molecule has 16 heavy (non-hydrogen) atoms. The molecule has 0 bridgehead atoms. The summed E-state index contributed by atoms with van der Waals surface area (Å²) in [5, 5.41) is 11.2. The Morgan fingerprint density at radius 3 is 2.56 bits per heavy atom. The van der Waals surface area contributed by atoms with Crippen molar-refractivity contribution in [1.29, 1.82) is 0 Å². The van der Waals surface area contributed by atoms with Crippen LogP contribution in [0.4, 0.5) is 5.82 Å². The molecule has 0 saturated heterocycles. The first-order chi connectivity index (χ1) is 7.74. The minimum absolute atomic E-state index is 0.666. The lowest BCUT2D eigenvalue weighted by Crippen LogP contribution is -2.04. The number of rotatable bonds is 3. The summed E-state index contributed by atoms with van der Waals surface area (Å²) < 4.78 is 0. The maximum Gasteiger partial charge on any atom is 0.148 e. The molecule has 0 aliphatic heterocycles. The van der Waals surface area contributed by atoms with Crippen LogP contribution >= 0.6 is 0 Å². The Balaban J connectivity index is 1.99. The summed E-state index contributed by atoms with van der Waals surface area (Å²) >= 11 is 0. The van der Waals surface area contributed by atoms with Crippen molar-refractivity contribution in [3.8, 4) is 0 Å². The van der Waals surface area contributed by atoms with Crippen molar-refractivity contribution in [3.63, 3.8) is 0 Å². The molecule has 2 aromatic rings. The Morgan fingerprint density at radius 2 is 1.88 bits per heavy atom. The van der Waals surface area contributed by atoms with Gasteiger partial charge in [-0.25, -0.2) is 0 Å². The highest BCUT2D eigenvalue weighted by Gasteiger charge is 1.97. The molecule has 1 N–H and O–H groups in total. The second kappa shape index (κ2) is 4.70. The van der Waals surface area contributed by atoms with Gasteiger partial charge in [0.25, 0.3) is 0 Å². The third-order valence-corrected chi connectivity index (χ3v) is 2.19. The number of aromatic nitrogens is 3. The summed E-state index contributed by atoms with van der Waals surface area (Å²) in [7, 11) is 0. The van der Waals surface area contributed by atoms with Crippen molar-refractivity contribution < 1.29 is 0 Å². The first-order valence-electron chi connectivity index (χ1n) is 5.21. The second-order valence-corrected chi connectivity index (χ2v) is 3.68. The van der Waals surface area contributed by atoms with Crippen LogP contribution in [0.1, 0.15) is 17.1 Å². The maximum atomic E-state index is 4.40. The number of nitrogens with zero attached hydrogens (tertiary/aromatic N) is 3. The molecule has 0 aliphatic carbocycles. The average Bonchev–Trinajstić information content (AvgIpc) is 2.28. The molecule has 2 aromatic heterocycles. The fraction of sp³-hybridized carbons (Fsp3) is 0.250. The monoisotopic (exact) mass is 214 g/mol. The summed E-state index contributed by atoms with van der Waals surface area (Å²) in [4.78, 5) is 4.40. The van der Waals surface area contributed by atoms with E-state index < -0.39 is 0 Å². The van der Waals surface area contributed by atoms with E-state index >= 15 is 0 Å². The Morgan fingerprint density at radius 1 is 1.00 bits per heavy atom. The van der Waals surface area contributed by atoms with Gasteiger partial charge in [-0.2, -0.15) is 5.10 Å². The van der Waals surface area contributed by atoms with E-state index in [9.17, 15) is 0 Å². The fourth-order valence-corrected chi connectivity index (χ4v) is 1.37. The van der Waals surface area contributed by atoms with Gasteiger partial charge in [-0.1, -0.05) is 6.07 Å². The van der Waals surface area contributed by atoms with E-state index in [4.69, 9.17) is 0 Å². The van der Waals surface area contributed by atoms with Crippen LogP contribution in [0.2, 0.25) is 0 Å². The van der Waals surface area contributed by atoms with Crippen LogP contribution in [0.5, 0.6) is 0 Å². The molecule has 0 amide bonds. The highest BCUT2D eigenvalue weighted by atomic mass is 15.2. The minimum Gasteiger partial charge on any atom is -0.363 e. The van der Waals surface area contributed by atoms with Crippen LogP contribution in [-0.4, -0.2) is 15.2 Å². The highest BCUT2D eigenvalue weighted by molar-refractivity contribution is 5.33. The van der Waals surface area contributed by atoms with Gasteiger partial charge >= 0.3 is 0 Å². The summed E-state index contributed by atoms with van der Waals surface area (Å²) in [5.74, 6) is 0.772. The van der Waals surface area contributed by atoms with Gasteiger partial charge in [-0.3, -0.25) is 4.98 Å². The third kappa shape index (κ3) is 2.76. The zero-order valence-corrected chi connectivity index (χ0v) is 9.44. The van der Waals surface area contributed by atoms with Gasteiger partial charge in [-0.15, -0.1) is 5.10 Å². The Kier molecular flexibility index (Phi) is 3.10. The molecule has 2 rings (SSSR count). The topological polar surface area (TPSA) is 50.7 Å². The lowest BCUT2D eigenvalue weighted by atomic mass is 10.3. The van der Waals surface area contributed by atoms with Gasteiger partial charge in [0, 0.05) is 5.69 Å². The predicted octanol–water partition coefficient (Wildman–Crippen LogP) is 2.10. The molecule has 0 saturated carbocycles. The third-order valence-electron chi connectivity index (χ3n) is 2.19. The zero-order chi connectivity index (χ0) is 11.4. The molecule has 2 heterocycles. The van der Waals surface area contributed by atoms with E-state index in [-0.39, 0.29) is 0 Å². The summed E-state index contributed by atoms with van der Waals surface area (Å²) in [6.45, 7) is 4.56. The average molecular weight is 214 g/mol. The SMILES string of the molecule is Cc1ccc(NCc2cccc(C)n2)nn1. The maximum absolute atomic E-state index is 4.40. The van der Waals surface area contributed by atoms with E-state index in [1.165, 1.54) is 0 Å². The van der Waals surface area contributed by atoms with Crippen molar-refractivity contribution in [2.24, 2.45) is 0 Å². The molecular formula is C12H14N4. The Labute approximate surface area is 94.8 Å². The van der Waals surface area contributed by atoms with Crippen molar-refractivity contribution in [2.75, 3.05) is 5.32 Å². The van der Waals surface area contributed by atoms with Gasteiger partial charge in [-0.05, 0) is 38.1 Å². The van der Waals surface area contributed by atoms with Gasteiger partial charge in [0.1, 0.15) is 5.82 Å². The largest absolute Gasteiger partial charge is 0.363 e. The van der Waals surface area contributed by atoms with Crippen molar-refractivity contribution in [1.82, 2.24) is 15.2 Å². The molecule has 0 radical (unpaired) electrons. The van der Waals surface area contributed by atoms with E-state index in [0.29, 0.717) is 6.54 Å². The van der Waals surface area contributed by atoms with Crippen LogP contribution in [-0.2, 0) is 6.54 Å². The van der Waals surface area contributed by atoms with E-state index in [2.05, 4.69) is 20.5 Å². The normalized spacial score (nSPS) is 10.1. The highest BCUT2D eigenvalue weighted by Crippen LogP contribution is 2.04. The predicted molar refractivity (Wildman–Crippen MR) is 63.1 cm³/mol. The van der Waals surface area contributed by atoms with Crippen LogP contribution in [0.3, 0.4) is 0 Å². The molecule has 0 aliphatic rings. The van der Waals surface area contributed by atoms with Crippen molar-refractivity contribution in [2.45, 2.75) is 20.4 Å². The Bertz CT molecular complexity index is 465. The summed E-state index contributed by atoms with van der Waals surface area (Å²) in [6.07, 6.45) is 0. The van der Waals surface area contributed by atoms with Gasteiger partial charge in [0.15, 0.2) is 0 Å². The molecule has 4 heteroatoms. The van der Waals surface area contributed by atoms with Crippen LogP contribution < -0.4 is 5.32 Å². The standard InChI is InChI=1S/C12H14N4/c1-9-4-3-5-11(14-9)8-13-12-7-6-10(2)15-16-12/h3-7H,8H2,1-2H3,(H,13,16). The van der Waals surface area contributed by atoms with Crippen LogP contribution in [0, 0.1) is 13.8 Å². The summed E-state index contributed by atoms with van der Waals surface area (Å²) in [6, 6.07) is 9.81. The Hall–Kier alpha value is -1.97. The number of anilines is 1. The molecule has 0 fully saturated rings. The number of aryl methyl sites for hydroxylation is 2. The number of pyridine rings is 1. The van der Waals surface area contributed by atoms with Gasteiger partial charge in [0.05, 0.1) is 17.9 Å². The molecule has 0 spiro atoms. The summed E-state index contributed by atoms with van der Waals surface area (Å²) in [5.41, 5.74) is 2.94. The van der Waals surface area contributed by atoms with Crippen molar-refractivity contribution in [3.05, 3.63) is 47.4 Å².